The third-order valence-corrected chi connectivity index (χ3v) is 5.05. The van der Waals surface area contributed by atoms with E-state index in [1.165, 1.54) is 12.5 Å². The fourth-order valence-electron chi connectivity index (χ4n) is 3.06. The van der Waals surface area contributed by atoms with E-state index in [2.05, 4.69) is 35.6 Å². The topological polar surface area (TPSA) is 93.8 Å². The number of rotatable bonds is 10. The van der Waals surface area contributed by atoms with Crippen LogP contribution in [0.5, 0.6) is 11.5 Å². The van der Waals surface area contributed by atoms with Crippen LogP contribution in [0.1, 0.15) is 19.4 Å². The summed E-state index contributed by atoms with van der Waals surface area (Å²) in [6, 6.07) is 23.6. The maximum Gasteiger partial charge on any atom is 0.246 e. The van der Waals surface area contributed by atoms with E-state index in [1.54, 1.807) is 24.3 Å². The second-order valence-electron chi connectivity index (χ2n) is 7.81. The van der Waals surface area contributed by atoms with Gasteiger partial charge in [-0.15, -0.1) is 0 Å². The molecular formula is C26H30N2O4. The van der Waals surface area contributed by atoms with Crippen molar-refractivity contribution < 1.29 is 19.4 Å². The van der Waals surface area contributed by atoms with Gasteiger partial charge in [0.1, 0.15) is 17.0 Å². The van der Waals surface area contributed by atoms with Crippen LogP contribution in [0.4, 0.5) is 5.69 Å². The van der Waals surface area contributed by atoms with E-state index in [0.717, 1.165) is 23.3 Å². The predicted octanol–water partition coefficient (Wildman–Crippen LogP) is 4.02. The van der Waals surface area contributed by atoms with Gasteiger partial charge in [0.15, 0.2) is 0 Å². The average molecular weight is 435 g/mol. The number of ether oxygens (including phenoxy) is 2. The molecule has 0 spiro atoms. The van der Waals surface area contributed by atoms with Crippen LogP contribution in [-0.4, -0.2) is 36.4 Å². The summed E-state index contributed by atoms with van der Waals surface area (Å²) < 4.78 is 11.4. The number of amides is 1. The molecule has 0 heterocycles. The number of nitrogens with one attached hydrogen (secondary N) is 1. The summed E-state index contributed by atoms with van der Waals surface area (Å²) in [6.45, 7) is 4.21. The van der Waals surface area contributed by atoms with Gasteiger partial charge in [-0.25, -0.2) is 0 Å². The van der Waals surface area contributed by atoms with Crippen molar-refractivity contribution >= 4 is 11.6 Å². The summed E-state index contributed by atoms with van der Waals surface area (Å²) in [6.07, 6.45) is 0.778. The molecule has 6 heteroatoms. The quantitative estimate of drug-likeness (QED) is 0.448. The highest BCUT2D eigenvalue weighted by molar-refractivity contribution is 5.97. The molecule has 168 valence electrons. The van der Waals surface area contributed by atoms with Gasteiger partial charge in [0.05, 0.1) is 19.8 Å². The zero-order chi connectivity index (χ0) is 23.0. The van der Waals surface area contributed by atoms with Crippen molar-refractivity contribution in [2.75, 3.05) is 25.1 Å². The highest BCUT2D eigenvalue weighted by Crippen LogP contribution is 2.24. The van der Waals surface area contributed by atoms with Crippen LogP contribution in [0.15, 0.2) is 72.8 Å². The molecule has 1 atom stereocenters. The van der Waals surface area contributed by atoms with Crippen molar-refractivity contribution in [2.24, 2.45) is 5.73 Å². The lowest BCUT2D eigenvalue weighted by molar-refractivity contribution is -0.121. The molecule has 0 bridgehead atoms. The Labute approximate surface area is 189 Å². The highest BCUT2D eigenvalue weighted by Gasteiger charge is 2.27. The maximum atomic E-state index is 12.0. The van der Waals surface area contributed by atoms with Crippen molar-refractivity contribution in [3.8, 4) is 22.6 Å². The van der Waals surface area contributed by atoms with Crippen LogP contribution in [0.2, 0.25) is 0 Å². The molecule has 0 unspecified atom stereocenters. The number of aliphatic hydroxyl groups excluding tert-OH is 1. The number of carbonyl (C=O) groups is 1. The first kappa shape index (κ1) is 23.3. The van der Waals surface area contributed by atoms with E-state index >= 15 is 0 Å². The van der Waals surface area contributed by atoms with Crippen LogP contribution in [0.25, 0.3) is 11.1 Å². The Morgan fingerprint density at radius 1 is 0.969 bits per heavy atom. The normalized spacial score (nSPS) is 12.6. The number of nitrogens with two attached hydrogens (primary N) is 1. The summed E-state index contributed by atoms with van der Waals surface area (Å²) in [7, 11) is 0. The van der Waals surface area contributed by atoms with Crippen LogP contribution in [-0.2, 0) is 11.2 Å². The molecular weight excluding hydrogens is 404 g/mol. The number of aliphatic hydroxyl groups is 1. The second-order valence-corrected chi connectivity index (χ2v) is 7.81. The SMILES string of the molecule is CCOc1cccc(-c2ccc(CCOc3ccc(NC(=O)[C@@](C)(N)CO)cc3)cc2)c1. The van der Waals surface area contributed by atoms with Gasteiger partial charge in [0.25, 0.3) is 0 Å². The lowest BCUT2D eigenvalue weighted by atomic mass is 10.0. The molecule has 0 aliphatic rings. The zero-order valence-corrected chi connectivity index (χ0v) is 18.5. The third kappa shape index (κ3) is 6.33. The lowest BCUT2D eigenvalue weighted by Gasteiger charge is -2.20. The number of anilines is 1. The Morgan fingerprint density at radius 2 is 1.69 bits per heavy atom. The van der Waals surface area contributed by atoms with Crippen LogP contribution in [0.3, 0.4) is 0 Å². The Hall–Kier alpha value is -3.35. The van der Waals surface area contributed by atoms with E-state index in [-0.39, 0.29) is 0 Å². The van der Waals surface area contributed by atoms with E-state index < -0.39 is 18.1 Å². The van der Waals surface area contributed by atoms with Gasteiger partial charge in [-0.1, -0.05) is 36.4 Å². The molecule has 1 amide bonds. The summed E-state index contributed by atoms with van der Waals surface area (Å²) in [5.74, 6) is 1.14. The molecule has 0 radical (unpaired) electrons. The van der Waals surface area contributed by atoms with Crippen molar-refractivity contribution in [1.29, 1.82) is 0 Å². The summed E-state index contributed by atoms with van der Waals surface area (Å²) in [5, 5.41) is 11.9. The summed E-state index contributed by atoms with van der Waals surface area (Å²) in [4.78, 5) is 12.0. The largest absolute Gasteiger partial charge is 0.494 e. The van der Waals surface area contributed by atoms with E-state index in [0.29, 0.717) is 24.7 Å². The van der Waals surface area contributed by atoms with Crippen LogP contribution in [0, 0.1) is 0 Å². The molecule has 3 aromatic carbocycles. The highest BCUT2D eigenvalue weighted by atomic mass is 16.5. The van der Waals surface area contributed by atoms with Gasteiger partial charge in [-0.2, -0.15) is 0 Å². The first-order chi connectivity index (χ1) is 15.4. The number of benzene rings is 3. The van der Waals surface area contributed by atoms with Gasteiger partial charge in [0, 0.05) is 12.1 Å². The smallest absolute Gasteiger partial charge is 0.246 e. The molecule has 0 aliphatic carbocycles. The standard InChI is InChI=1S/C26H30N2O4/c1-3-31-24-6-4-5-21(17-24)20-9-7-19(8-10-20)15-16-32-23-13-11-22(12-14-23)28-25(30)26(2,27)18-29/h4-14,17,29H,3,15-16,18,27H2,1-2H3,(H,28,30)/t26-/m0/s1. The minimum atomic E-state index is -1.32. The number of carbonyl (C=O) groups excluding carboxylic acids is 1. The van der Waals surface area contributed by atoms with E-state index in [1.807, 2.05) is 25.1 Å². The zero-order valence-electron chi connectivity index (χ0n) is 18.5. The molecule has 0 saturated heterocycles. The Balaban J connectivity index is 1.50. The van der Waals surface area contributed by atoms with Crippen molar-refractivity contribution in [3.63, 3.8) is 0 Å². The number of hydrogen-bond acceptors (Lipinski definition) is 5. The Bertz CT molecular complexity index is 1010. The van der Waals surface area contributed by atoms with Gasteiger partial charge < -0.3 is 25.6 Å². The molecule has 0 fully saturated rings. The Kier molecular flexibility index (Phi) is 7.87. The molecule has 4 N–H and O–H groups in total. The van der Waals surface area contributed by atoms with Gasteiger partial charge in [0.2, 0.25) is 5.91 Å². The van der Waals surface area contributed by atoms with E-state index in [9.17, 15) is 9.90 Å². The molecule has 3 rings (SSSR count). The Morgan fingerprint density at radius 3 is 2.34 bits per heavy atom. The monoisotopic (exact) mass is 434 g/mol. The molecule has 3 aromatic rings. The molecule has 0 aliphatic heterocycles. The minimum Gasteiger partial charge on any atom is -0.494 e. The fraction of sp³-hybridized carbons (Fsp3) is 0.269. The molecule has 6 nitrogen and oxygen atoms in total. The van der Waals surface area contributed by atoms with Crippen LogP contribution >= 0.6 is 0 Å². The van der Waals surface area contributed by atoms with Gasteiger partial charge >= 0.3 is 0 Å². The maximum absolute atomic E-state index is 12.0. The van der Waals surface area contributed by atoms with Gasteiger partial charge in [-0.05, 0) is 66.9 Å². The molecule has 32 heavy (non-hydrogen) atoms. The minimum absolute atomic E-state index is 0.430. The first-order valence-electron chi connectivity index (χ1n) is 10.7. The first-order valence-corrected chi connectivity index (χ1v) is 10.7. The predicted molar refractivity (Wildman–Crippen MR) is 127 cm³/mol. The number of hydrogen-bond donors (Lipinski definition) is 3. The lowest BCUT2D eigenvalue weighted by Crippen LogP contribution is -2.51. The average Bonchev–Trinajstić information content (AvgIpc) is 2.81. The van der Waals surface area contributed by atoms with Crippen molar-refractivity contribution in [2.45, 2.75) is 25.8 Å². The van der Waals surface area contributed by atoms with Crippen LogP contribution < -0.4 is 20.5 Å². The molecule has 0 aromatic heterocycles. The van der Waals surface area contributed by atoms with E-state index in [4.69, 9.17) is 15.2 Å². The second kappa shape index (κ2) is 10.8. The summed E-state index contributed by atoms with van der Waals surface area (Å²) in [5.41, 5.74) is 8.45. The third-order valence-electron chi connectivity index (χ3n) is 5.05. The summed E-state index contributed by atoms with van der Waals surface area (Å²) >= 11 is 0. The molecule has 0 saturated carbocycles. The van der Waals surface area contributed by atoms with Crippen molar-refractivity contribution in [1.82, 2.24) is 0 Å². The fourth-order valence-corrected chi connectivity index (χ4v) is 3.06. The van der Waals surface area contributed by atoms with Gasteiger partial charge in [-0.3, -0.25) is 4.79 Å². The van der Waals surface area contributed by atoms with Crippen molar-refractivity contribution in [3.05, 3.63) is 78.4 Å².